The van der Waals surface area contributed by atoms with E-state index in [1.165, 1.54) is 0 Å². The summed E-state index contributed by atoms with van der Waals surface area (Å²) < 4.78 is 0. The van der Waals surface area contributed by atoms with Crippen LogP contribution in [0.4, 0.5) is 0 Å². The lowest BCUT2D eigenvalue weighted by Gasteiger charge is -2.39. The number of nitrogens with two attached hydrogens (primary N) is 3. The first-order valence-electron chi connectivity index (χ1n) is 3.87. The molecule has 1 rings (SSSR count). The third kappa shape index (κ3) is 1.31. The van der Waals surface area contributed by atoms with Gasteiger partial charge in [-0.3, -0.25) is 0 Å². The van der Waals surface area contributed by atoms with Gasteiger partial charge in [0.25, 0.3) is 0 Å². The monoisotopic (exact) mass is 143 g/mol. The first kappa shape index (κ1) is 7.98. The average Bonchev–Trinajstić information content (AvgIpc) is 1.83. The van der Waals surface area contributed by atoms with Gasteiger partial charge in [-0.25, -0.2) is 0 Å². The van der Waals surface area contributed by atoms with Crippen LogP contribution in [0.1, 0.15) is 26.2 Å². The maximum absolute atomic E-state index is 5.81. The highest BCUT2D eigenvalue weighted by atomic mass is 15.0. The minimum atomic E-state index is -0.516. The van der Waals surface area contributed by atoms with E-state index in [-0.39, 0.29) is 12.0 Å². The lowest BCUT2D eigenvalue weighted by Crippen LogP contribution is -2.61. The average molecular weight is 143 g/mol. The molecule has 0 aliphatic heterocycles. The van der Waals surface area contributed by atoms with Crippen molar-refractivity contribution in [1.29, 1.82) is 0 Å². The molecule has 0 aromatic rings. The van der Waals surface area contributed by atoms with E-state index >= 15 is 0 Å². The van der Waals surface area contributed by atoms with Crippen molar-refractivity contribution in [3.63, 3.8) is 0 Å². The normalized spacial score (nSPS) is 39.6. The van der Waals surface area contributed by atoms with Crippen molar-refractivity contribution in [2.45, 2.75) is 37.9 Å². The number of rotatable bonds is 0. The van der Waals surface area contributed by atoms with Crippen molar-refractivity contribution in [1.82, 2.24) is 0 Å². The highest BCUT2D eigenvalue weighted by Crippen LogP contribution is 2.26. The zero-order valence-corrected chi connectivity index (χ0v) is 6.51. The second-order valence-corrected chi connectivity index (χ2v) is 3.46. The molecule has 0 aromatic carbocycles. The zero-order valence-electron chi connectivity index (χ0n) is 6.51. The second-order valence-electron chi connectivity index (χ2n) is 3.46. The summed E-state index contributed by atoms with van der Waals surface area (Å²) in [5.41, 5.74) is 16.9. The van der Waals surface area contributed by atoms with Gasteiger partial charge in [-0.2, -0.15) is 0 Å². The van der Waals surface area contributed by atoms with Crippen LogP contribution in [0.25, 0.3) is 0 Å². The molecule has 0 bridgehead atoms. The van der Waals surface area contributed by atoms with Crippen molar-refractivity contribution in [3.05, 3.63) is 0 Å². The molecule has 10 heavy (non-hydrogen) atoms. The fraction of sp³-hybridized carbons (Fsp3) is 1.00. The number of hydrogen-bond acceptors (Lipinski definition) is 3. The van der Waals surface area contributed by atoms with Gasteiger partial charge in [0.15, 0.2) is 0 Å². The molecule has 60 valence electrons. The second kappa shape index (κ2) is 2.49. The molecule has 0 radical (unpaired) electrons. The lowest BCUT2D eigenvalue weighted by atomic mass is 9.78. The minimum Gasteiger partial charge on any atom is -0.327 e. The van der Waals surface area contributed by atoms with Gasteiger partial charge in [0.1, 0.15) is 0 Å². The van der Waals surface area contributed by atoms with Gasteiger partial charge >= 0.3 is 0 Å². The molecule has 6 N–H and O–H groups in total. The van der Waals surface area contributed by atoms with Crippen LogP contribution in [0, 0.1) is 5.92 Å². The molecular weight excluding hydrogens is 126 g/mol. The topological polar surface area (TPSA) is 78.1 Å². The third-order valence-corrected chi connectivity index (χ3v) is 2.64. The first-order chi connectivity index (χ1) is 4.54. The highest BCUT2D eigenvalue weighted by molar-refractivity contribution is 4.92. The molecule has 1 fully saturated rings. The predicted molar refractivity (Wildman–Crippen MR) is 42.1 cm³/mol. The molecule has 3 nitrogen and oxygen atoms in total. The Labute approximate surface area is 61.9 Å². The van der Waals surface area contributed by atoms with Crippen LogP contribution in [-0.4, -0.2) is 11.7 Å². The third-order valence-electron chi connectivity index (χ3n) is 2.64. The van der Waals surface area contributed by atoms with E-state index in [1.54, 1.807) is 0 Å². The molecule has 0 spiro atoms. The van der Waals surface area contributed by atoms with E-state index < -0.39 is 5.66 Å². The van der Waals surface area contributed by atoms with Crippen molar-refractivity contribution in [2.24, 2.45) is 23.1 Å². The van der Waals surface area contributed by atoms with Gasteiger partial charge in [-0.1, -0.05) is 6.92 Å². The van der Waals surface area contributed by atoms with Crippen molar-refractivity contribution in [3.8, 4) is 0 Å². The molecule has 1 aliphatic carbocycles. The summed E-state index contributed by atoms with van der Waals surface area (Å²) >= 11 is 0. The molecule has 0 heterocycles. The Kier molecular flexibility index (Phi) is 1.99. The Bertz CT molecular complexity index is 122. The predicted octanol–water partition coefficient (Wildman–Crippen LogP) is -0.253. The van der Waals surface area contributed by atoms with Crippen LogP contribution in [0.2, 0.25) is 0 Å². The van der Waals surface area contributed by atoms with Gasteiger partial charge < -0.3 is 17.2 Å². The van der Waals surface area contributed by atoms with E-state index in [9.17, 15) is 0 Å². The smallest absolute Gasteiger partial charge is 0.0677 e. The summed E-state index contributed by atoms with van der Waals surface area (Å²) in [6, 6.07) is 0.198. The molecule has 0 aromatic heterocycles. The van der Waals surface area contributed by atoms with Crippen LogP contribution >= 0.6 is 0 Å². The van der Waals surface area contributed by atoms with E-state index in [2.05, 4.69) is 0 Å². The van der Waals surface area contributed by atoms with E-state index in [4.69, 9.17) is 17.2 Å². The standard InChI is InChI=1S/C7H17N3/c1-5-6(8)3-2-4-7(5,9)10/h5-6H,2-4,8-10H2,1H3. The van der Waals surface area contributed by atoms with Crippen LogP contribution in [-0.2, 0) is 0 Å². The van der Waals surface area contributed by atoms with Crippen LogP contribution < -0.4 is 17.2 Å². The molecular formula is C7H17N3. The number of hydrogen-bond donors (Lipinski definition) is 3. The first-order valence-corrected chi connectivity index (χ1v) is 3.87. The summed E-state index contributed by atoms with van der Waals surface area (Å²) in [7, 11) is 0. The van der Waals surface area contributed by atoms with Crippen molar-refractivity contribution < 1.29 is 0 Å². The maximum atomic E-state index is 5.81. The van der Waals surface area contributed by atoms with Crippen molar-refractivity contribution >= 4 is 0 Å². The van der Waals surface area contributed by atoms with Gasteiger partial charge in [-0.05, 0) is 19.3 Å². The lowest BCUT2D eigenvalue weighted by molar-refractivity contribution is 0.184. The molecule has 0 amide bonds. The molecule has 2 atom stereocenters. The van der Waals surface area contributed by atoms with Gasteiger partial charge in [0, 0.05) is 12.0 Å². The summed E-state index contributed by atoms with van der Waals surface area (Å²) in [5, 5.41) is 0. The molecule has 2 unspecified atom stereocenters. The Hall–Kier alpha value is -0.120. The fourth-order valence-corrected chi connectivity index (χ4v) is 1.52. The Balaban J connectivity index is 2.60. The molecule has 3 heteroatoms. The van der Waals surface area contributed by atoms with Crippen LogP contribution in [0.5, 0.6) is 0 Å². The quantitative estimate of drug-likeness (QED) is 0.409. The van der Waals surface area contributed by atoms with Crippen molar-refractivity contribution in [2.75, 3.05) is 0 Å². The van der Waals surface area contributed by atoms with E-state index in [1.807, 2.05) is 6.92 Å². The highest BCUT2D eigenvalue weighted by Gasteiger charge is 2.34. The largest absolute Gasteiger partial charge is 0.327 e. The van der Waals surface area contributed by atoms with Crippen LogP contribution in [0.15, 0.2) is 0 Å². The SMILES string of the molecule is CC1C(N)CCCC1(N)N. The Morgan fingerprint density at radius 1 is 1.40 bits per heavy atom. The summed E-state index contributed by atoms with van der Waals surface area (Å²) in [4.78, 5) is 0. The maximum Gasteiger partial charge on any atom is 0.0677 e. The Morgan fingerprint density at radius 3 is 2.40 bits per heavy atom. The zero-order chi connectivity index (χ0) is 7.78. The summed E-state index contributed by atoms with van der Waals surface area (Å²) in [6.07, 6.45) is 3.04. The van der Waals surface area contributed by atoms with E-state index in [0.29, 0.717) is 0 Å². The summed E-state index contributed by atoms with van der Waals surface area (Å²) in [5.74, 6) is 0.251. The van der Waals surface area contributed by atoms with Gasteiger partial charge in [0.05, 0.1) is 5.66 Å². The molecule has 1 saturated carbocycles. The van der Waals surface area contributed by atoms with Gasteiger partial charge in [0.2, 0.25) is 0 Å². The fourth-order valence-electron chi connectivity index (χ4n) is 1.52. The van der Waals surface area contributed by atoms with Gasteiger partial charge in [-0.15, -0.1) is 0 Å². The summed E-state index contributed by atoms with van der Waals surface area (Å²) in [6.45, 7) is 2.03. The van der Waals surface area contributed by atoms with E-state index in [0.717, 1.165) is 19.3 Å². The minimum absolute atomic E-state index is 0.198. The van der Waals surface area contributed by atoms with Crippen LogP contribution in [0.3, 0.4) is 0 Å². The molecule has 1 aliphatic rings. The Morgan fingerprint density at radius 2 is 2.00 bits per heavy atom. The molecule has 0 saturated heterocycles.